The summed E-state index contributed by atoms with van der Waals surface area (Å²) in [5, 5.41) is 2.94. The molecule has 8 nitrogen and oxygen atoms in total. The number of hydrogen-bond acceptors (Lipinski definition) is 5. The van der Waals surface area contributed by atoms with Crippen LogP contribution in [-0.2, 0) is 19.1 Å². The van der Waals surface area contributed by atoms with Gasteiger partial charge in [0.25, 0.3) is 5.91 Å². The Hall–Kier alpha value is -2.61. The maximum atomic E-state index is 13.8. The van der Waals surface area contributed by atoms with E-state index in [0.717, 1.165) is 50.8 Å². The van der Waals surface area contributed by atoms with Crippen molar-refractivity contribution in [2.24, 2.45) is 0 Å². The summed E-state index contributed by atoms with van der Waals surface area (Å²) in [7, 11) is 0. The molecule has 0 aromatic heterocycles. The largest absolute Gasteiger partial charge is 0.376 e. The molecule has 192 valence electrons. The first kappa shape index (κ1) is 25.5. The third-order valence-corrected chi connectivity index (χ3v) is 7.65. The maximum absolute atomic E-state index is 13.8. The lowest BCUT2D eigenvalue weighted by molar-refractivity contribution is -0.140. The van der Waals surface area contributed by atoms with Gasteiger partial charge in [0.1, 0.15) is 12.1 Å². The van der Waals surface area contributed by atoms with E-state index in [4.69, 9.17) is 4.74 Å². The quantitative estimate of drug-likeness (QED) is 0.517. The second-order valence-corrected chi connectivity index (χ2v) is 10.1. The zero-order valence-corrected chi connectivity index (χ0v) is 21.0. The van der Waals surface area contributed by atoms with Gasteiger partial charge >= 0.3 is 0 Å². The van der Waals surface area contributed by atoms with E-state index in [1.807, 2.05) is 35.2 Å². The van der Waals surface area contributed by atoms with Gasteiger partial charge in [-0.25, -0.2) is 0 Å². The highest BCUT2D eigenvalue weighted by Crippen LogP contribution is 2.39. The molecule has 0 saturated carbocycles. The molecule has 1 spiro atoms. The van der Waals surface area contributed by atoms with Crippen LogP contribution < -0.4 is 10.2 Å². The van der Waals surface area contributed by atoms with E-state index in [1.54, 1.807) is 4.90 Å². The number of hydrogen-bond donors (Lipinski definition) is 1. The lowest BCUT2D eigenvalue weighted by Gasteiger charge is -2.43. The zero-order chi connectivity index (χ0) is 24.7. The molecule has 1 unspecified atom stereocenters. The monoisotopic (exact) mass is 484 g/mol. The number of ether oxygens (including phenoxy) is 1. The Morgan fingerprint density at radius 3 is 2.57 bits per heavy atom. The number of anilines is 1. The number of nitrogens with one attached hydrogen (secondary N) is 1. The van der Waals surface area contributed by atoms with Gasteiger partial charge in [-0.3, -0.25) is 14.4 Å². The van der Waals surface area contributed by atoms with Gasteiger partial charge in [-0.2, -0.15) is 0 Å². The molecule has 0 aliphatic carbocycles. The number of likely N-dealkylation sites (tertiary alicyclic amines) is 1. The normalized spacial score (nSPS) is 21.7. The van der Waals surface area contributed by atoms with Gasteiger partial charge in [0.15, 0.2) is 0 Å². The Labute approximate surface area is 209 Å². The number of piperidine rings is 1. The van der Waals surface area contributed by atoms with Gasteiger partial charge in [0.05, 0.1) is 12.8 Å². The lowest BCUT2D eigenvalue weighted by Crippen LogP contribution is -2.57. The predicted octanol–water partition coefficient (Wildman–Crippen LogP) is 2.92. The molecule has 1 aromatic rings. The number of carbonyl (C=O) groups excluding carboxylic acids is 3. The molecule has 4 rings (SSSR count). The van der Waals surface area contributed by atoms with Crippen LogP contribution in [0.25, 0.3) is 0 Å². The van der Waals surface area contributed by atoms with Crippen LogP contribution in [-0.4, -0.2) is 78.6 Å². The van der Waals surface area contributed by atoms with Crippen LogP contribution in [0.3, 0.4) is 0 Å². The first-order valence-corrected chi connectivity index (χ1v) is 13.3. The molecule has 0 bridgehead atoms. The van der Waals surface area contributed by atoms with E-state index >= 15 is 0 Å². The second-order valence-electron chi connectivity index (χ2n) is 10.1. The molecule has 3 fully saturated rings. The molecular weight excluding hydrogens is 444 g/mol. The standard InChI is InChI=1S/C27H40N4O4/c1-2-3-4-8-13-25(33)29-16-14-27(15-17-29)26(34)30(21-31(27)22-10-6-5-7-11-22)20-24(32)28-19-23-12-9-18-35-23/h5-7,10-11,23H,2-4,8-9,12-21H2,1H3,(H,28,32). The molecule has 1 atom stereocenters. The molecule has 0 radical (unpaired) electrons. The van der Waals surface area contributed by atoms with Crippen molar-refractivity contribution in [3.8, 4) is 0 Å². The van der Waals surface area contributed by atoms with E-state index in [2.05, 4.69) is 17.1 Å². The minimum Gasteiger partial charge on any atom is -0.376 e. The average molecular weight is 485 g/mol. The van der Waals surface area contributed by atoms with E-state index in [9.17, 15) is 14.4 Å². The van der Waals surface area contributed by atoms with Crippen LogP contribution in [0.5, 0.6) is 0 Å². The van der Waals surface area contributed by atoms with E-state index in [0.29, 0.717) is 45.6 Å². The number of unbranched alkanes of at least 4 members (excludes halogenated alkanes) is 3. The van der Waals surface area contributed by atoms with Crippen molar-refractivity contribution in [1.82, 2.24) is 15.1 Å². The minimum atomic E-state index is -0.713. The third kappa shape index (κ3) is 5.97. The zero-order valence-electron chi connectivity index (χ0n) is 21.0. The molecule has 3 amide bonds. The van der Waals surface area contributed by atoms with E-state index < -0.39 is 5.54 Å². The molecule has 8 heteroatoms. The molecule has 1 aromatic carbocycles. The Morgan fingerprint density at radius 1 is 1.11 bits per heavy atom. The number of nitrogens with zero attached hydrogens (tertiary/aromatic N) is 3. The summed E-state index contributed by atoms with van der Waals surface area (Å²) in [6.45, 7) is 4.96. The van der Waals surface area contributed by atoms with Crippen molar-refractivity contribution < 1.29 is 19.1 Å². The highest BCUT2D eigenvalue weighted by molar-refractivity contribution is 5.96. The Bertz CT molecular complexity index is 863. The van der Waals surface area contributed by atoms with Crippen molar-refractivity contribution in [3.05, 3.63) is 30.3 Å². The van der Waals surface area contributed by atoms with Gasteiger partial charge in [0.2, 0.25) is 11.8 Å². The van der Waals surface area contributed by atoms with Gasteiger partial charge in [-0.1, -0.05) is 44.4 Å². The van der Waals surface area contributed by atoms with Gasteiger partial charge in [-0.05, 0) is 44.2 Å². The fraction of sp³-hybridized carbons (Fsp3) is 0.667. The first-order chi connectivity index (χ1) is 17.0. The Balaban J connectivity index is 1.40. The summed E-state index contributed by atoms with van der Waals surface area (Å²) < 4.78 is 5.59. The number of rotatable bonds is 10. The van der Waals surface area contributed by atoms with E-state index in [-0.39, 0.29) is 30.4 Å². The van der Waals surface area contributed by atoms with Crippen LogP contribution in [0.15, 0.2) is 30.3 Å². The Kier molecular flexibility index (Phi) is 8.65. The number of para-hydroxylation sites is 1. The highest BCUT2D eigenvalue weighted by atomic mass is 16.5. The molecule has 3 aliphatic rings. The van der Waals surface area contributed by atoms with Crippen molar-refractivity contribution in [3.63, 3.8) is 0 Å². The molecule has 35 heavy (non-hydrogen) atoms. The van der Waals surface area contributed by atoms with Crippen LogP contribution in [0.1, 0.15) is 64.7 Å². The summed E-state index contributed by atoms with van der Waals surface area (Å²) in [6.07, 6.45) is 8.13. The van der Waals surface area contributed by atoms with Crippen molar-refractivity contribution in [1.29, 1.82) is 0 Å². The van der Waals surface area contributed by atoms with Crippen LogP contribution in [0.2, 0.25) is 0 Å². The van der Waals surface area contributed by atoms with Crippen LogP contribution >= 0.6 is 0 Å². The van der Waals surface area contributed by atoms with Gasteiger partial charge in [0, 0.05) is 38.3 Å². The third-order valence-electron chi connectivity index (χ3n) is 7.65. The molecule has 1 N–H and O–H groups in total. The van der Waals surface area contributed by atoms with Gasteiger partial charge < -0.3 is 24.8 Å². The summed E-state index contributed by atoms with van der Waals surface area (Å²) in [6, 6.07) is 9.94. The molecular formula is C27H40N4O4. The van der Waals surface area contributed by atoms with Crippen molar-refractivity contribution in [2.75, 3.05) is 44.4 Å². The minimum absolute atomic E-state index is 0.0105. The first-order valence-electron chi connectivity index (χ1n) is 13.3. The smallest absolute Gasteiger partial charge is 0.250 e. The molecule has 3 heterocycles. The summed E-state index contributed by atoms with van der Waals surface area (Å²) in [5.41, 5.74) is 0.261. The molecule has 3 saturated heterocycles. The number of amides is 3. The van der Waals surface area contributed by atoms with Crippen LogP contribution in [0.4, 0.5) is 5.69 Å². The number of carbonyl (C=O) groups is 3. The second kappa shape index (κ2) is 11.9. The van der Waals surface area contributed by atoms with E-state index in [1.165, 1.54) is 0 Å². The summed E-state index contributed by atoms with van der Waals surface area (Å²) in [5.74, 6) is 0.0281. The number of benzene rings is 1. The topological polar surface area (TPSA) is 82.2 Å². The lowest BCUT2D eigenvalue weighted by atomic mass is 9.85. The fourth-order valence-electron chi connectivity index (χ4n) is 5.57. The van der Waals surface area contributed by atoms with Crippen LogP contribution in [0, 0.1) is 0 Å². The fourth-order valence-corrected chi connectivity index (χ4v) is 5.57. The maximum Gasteiger partial charge on any atom is 0.250 e. The summed E-state index contributed by atoms with van der Waals surface area (Å²) in [4.78, 5) is 44.9. The summed E-state index contributed by atoms with van der Waals surface area (Å²) >= 11 is 0. The predicted molar refractivity (Wildman–Crippen MR) is 135 cm³/mol. The van der Waals surface area contributed by atoms with Crippen molar-refractivity contribution in [2.45, 2.75) is 76.4 Å². The SMILES string of the molecule is CCCCCCC(=O)N1CCC2(CC1)C(=O)N(CC(=O)NCC1CCCO1)CN2c1ccccc1. The Morgan fingerprint density at radius 2 is 1.89 bits per heavy atom. The molecule has 3 aliphatic heterocycles. The van der Waals surface area contributed by atoms with Gasteiger partial charge in [-0.15, -0.1) is 0 Å². The highest BCUT2D eigenvalue weighted by Gasteiger charge is 2.54. The van der Waals surface area contributed by atoms with Crippen molar-refractivity contribution >= 4 is 23.4 Å². The average Bonchev–Trinajstić information content (AvgIpc) is 3.49.